The van der Waals surface area contributed by atoms with Crippen molar-refractivity contribution >= 4 is 11.8 Å². The number of hydrogen-bond acceptors (Lipinski definition) is 4. The largest absolute Gasteiger partial charge is 0.476 e. The normalized spacial score (nSPS) is 11.9. The molecule has 2 N–H and O–H groups in total. The topological polar surface area (TPSA) is 75.1 Å². The van der Waals surface area contributed by atoms with Crippen LogP contribution >= 0.6 is 0 Å². The van der Waals surface area contributed by atoms with E-state index in [-0.39, 0.29) is 11.7 Å². The zero-order chi connectivity index (χ0) is 13.8. The third-order valence-electron chi connectivity index (χ3n) is 2.87. The summed E-state index contributed by atoms with van der Waals surface area (Å²) in [5, 5.41) is 12.0. The molecule has 2 rings (SSSR count). The summed E-state index contributed by atoms with van der Waals surface area (Å²) in [5.74, 6) is -0.629. The Balaban J connectivity index is 2.19. The van der Waals surface area contributed by atoms with Crippen molar-refractivity contribution < 1.29 is 9.90 Å². The first-order valence-corrected chi connectivity index (χ1v) is 5.95. The van der Waals surface area contributed by atoms with E-state index in [0.717, 1.165) is 5.56 Å². The van der Waals surface area contributed by atoms with Gasteiger partial charge in [0.05, 0.1) is 18.4 Å². The van der Waals surface area contributed by atoms with Crippen LogP contribution in [0.4, 0.5) is 5.82 Å². The molecule has 5 heteroatoms. The fourth-order valence-electron chi connectivity index (χ4n) is 1.91. The number of nitrogens with one attached hydrogen (secondary N) is 1. The van der Waals surface area contributed by atoms with Crippen molar-refractivity contribution in [2.75, 3.05) is 5.32 Å². The summed E-state index contributed by atoms with van der Waals surface area (Å²) in [6, 6.07) is 8.05. The second kappa shape index (κ2) is 5.48. The van der Waals surface area contributed by atoms with Gasteiger partial charge in [0.1, 0.15) is 5.82 Å². The first-order valence-electron chi connectivity index (χ1n) is 5.95. The van der Waals surface area contributed by atoms with Gasteiger partial charge in [0.15, 0.2) is 5.69 Å². The molecule has 1 aromatic heterocycles. The van der Waals surface area contributed by atoms with Crippen molar-refractivity contribution in [3.05, 3.63) is 53.5 Å². The number of carboxylic acid groups (broad SMARTS) is 1. The molecule has 0 aliphatic carbocycles. The van der Waals surface area contributed by atoms with Crippen LogP contribution in [0, 0.1) is 6.92 Å². The van der Waals surface area contributed by atoms with Crippen LogP contribution in [0.15, 0.2) is 36.7 Å². The maximum Gasteiger partial charge on any atom is 0.356 e. The second-order valence-corrected chi connectivity index (χ2v) is 4.32. The van der Waals surface area contributed by atoms with Gasteiger partial charge in [0.25, 0.3) is 0 Å². The van der Waals surface area contributed by atoms with Gasteiger partial charge in [-0.25, -0.2) is 9.78 Å². The van der Waals surface area contributed by atoms with Crippen molar-refractivity contribution in [1.29, 1.82) is 0 Å². The lowest BCUT2D eigenvalue weighted by Gasteiger charge is -2.16. The number of rotatable bonds is 4. The molecule has 1 unspecified atom stereocenters. The molecule has 98 valence electrons. The van der Waals surface area contributed by atoms with E-state index < -0.39 is 5.97 Å². The summed E-state index contributed by atoms with van der Waals surface area (Å²) < 4.78 is 0. The summed E-state index contributed by atoms with van der Waals surface area (Å²) in [4.78, 5) is 18.7. The Morgan fingerprint density at radius 3 is 2.74 bits per heavy atom. The highest BCUT2D eigenvalue weighted by Gasteiger charge is 2.10. The minimum Gasteiger partial charge on any atom is -0.476 e. The van der Waals surface area contributed by atoms with Crippen LogP contribution in [0.5, 0.6) is 0 Å². The summed E-state index contributed by atoms with van der Waals surface area (Å²) in [5.41, 5.74) is 2.25. The number of aromatic nitrogens is 2. The number of aromatic carboxylic acids is 1. The van der Waals surface area contributed by atoms with Crippen molar-refractivity contribution in [3.63, 3.8) is 0 Å². The molecule has 1 atom stereocenters. The SMILES string of the molecule is Cc1ccccc1C(C)Nc1cncc(C(=O)O)n1. The number of benzene rings is 1. The maximum absolute atomic E-state index is 10.8. The third-order valence-corrected chi connectivity index (χ3v) is 2.87. The van der Waals surface area contributed by atoms with Crippen LogP contribution in [-0.2, 0) is 0 Å². The molecule has 5 nitrogen and oxygen atoms in total. The van der Waals surface area contributed by atoms with Gasteiger partial charge in [-0.15, -0.1) is 0 Å². The quantitative estimate of drug-likeness (QED) is 0.880. The van der Waals surface area contributed by atoms with Gasteiger partial charge in [0, 0.05) is 0 Å². The van der Waals surface area contributed by atoms with Gasteiger partial charge < -0.3 is 10.4 Å². The van der Waals surface area contributed by atoms with Crippen molar-refractivity contribution in [2.24, 2.45) is 0 Å². The highest BCUT2D eigenvalue weighted by molar-refractivity contribution is 5.85. The van der Waals surface area contributed by atoms with Gasteiger partial charge in [-0.05, 0) is 25.0 Å². The van der Waals surface area contributed by atoms with E-state index in [1.807, 2.05) is 38.1 Å². The predicted octanol–water partition coefficient (Wildman–Crippen LogP) is 2.66. The lowest BCUT2D eigenvalue weighted by atomic mass is 10.0. The molecular formula is C14H15N3O2. The average molecular weight is 257 g/mol. The minimum absolute atomic E-state index is 0.0274. The van der Waals surface area contributed by atoms with Gasteiger partial charge in [-0.2, -0.15) is 0 Å². The van der Waals surface area contributed by atoms with E-state index in [1.54, 1.807) is 0 Å². The third kappa shape index (κ3) is 3.07. The van der Waals surface area contributed by atoms with E-state index in [2.05, 4.69) is 15.3 Å². The highest BCUT2D eigenvalue weighted by Crippen LogP contribution is 2.20. The first kappa shape index (κ1) is 13.0. The Kier molecular flexibility index (Phi) is 3.75. The molecule has 19 heavy (non-hydrogen) atoms. The summed E-state index contributed by atoms with van der Waals surface area (Å²) in [7, 11) is 0. The van der Waals surface area contributed by atoms with E-state index in [4.69, 9.17) is 5.11 Å². The fourth-order valence-corrected chi connectivity index (χ4v) is 1.91. The number of hydrogen-bond donors (Lipinski definition) is 2. The van der Waals surface area contributed by atoms with Gasteiger partial charge >= 0.3 is 5.97 Å². The smallest absolute Gasteiger partial charge is 0.356 e. The molecule has 0 aliphatic heterocycles. The molecule has 0 aliphatic rings. The van der Waals surface area contributed by atoms with E-state index in [0.29, 0.717) is 5.82 Å². The zero-order valence-corrected chi connectivity index (χ0v) is 10.8. The van der Waals surface area contributed by atoms with Gasteiger partial charge in [-0.1, -0.05) is 24.3 Å². The molecular weight excluding hydrogens is 242 g/mol. The Morgan fingerprint density at radius 2 is 2.05 bits per heavy atom. The van der Waals surface area contributed by atoms with Crippen LogP contribution in [0.25, 0.3) is 0 Å². The number of aryl methyl sites for hydroxylation is 1. The van der Waals surface area contributed by atoms with Crippen molar-refractivity contribution in [2.45, 2.75) is 19.9 Å². The highest BCUT2D eigenvalue weighted by atomic mass is 16.4. The fraction of sp³-hybridized carbons (Fsp3) is 0.214. The number of carbonyl (C=O) groups is 1. The van der Waals surface area contributed by atoms with Crippen LogP contribution in [0.2, 0.25) is 0 Å². The van der Waals surface area contributed by atoms with Gasteiger partial charge in [-0.3, -0.25) is 4.98 Å². The molecule has 1 aromatic carbocycles. The Hall–Kier alpha value is -2.43. The number of anilines is 1. The lowest BCUT2D eigenvalue weighted by molar-refractivity contribution is 0.0690. The Morgan fingerprint density at radius 1 is 1.32 bits per heavy atom. The van der Waals surface area contributed by atoms with E-state index >= 15 is 0 Å². The van der Waals surface area contributed by atoms with Crippen LogP contribution in [-0.4, -0.2) is 21.0 Å². The summed E-state index contributed by atoms with van der Waals surface area (Å²) >= 11 is 0. The lowest BCUT2D eigenvalue weighted by Crippen LogP contribution is -2.11. The summed E-state index contributed by atoms with van der Waals surface area (Å²) in [6.07, 6.45) is 2.74. The van der Waals surface area contributed by atoms with Gasteiger partial charge in [0.2, 0.25) is 0 Å². The van der Waals surface area contributed by atoms with Crippen LogP contribution in [0.3, 0.4) is 0 Å². The van der Waals surface area contributed by atoms with E-state index in [9.17, 15) is 4.79 Å². The molecule has 2 aromatic rings. The minimum atomic E-state index is -1.08. The summed E-state index contributed by atoms with van der Waals surface area (Å²) in [6.45, 7) is 4.03. The molecule has 0 amide bonds. The maximum atomic E-state index is 10.8. The number of carboxylic acids is 1. The number of nitrogens with zero attached hydrogens (tertiary/aromatic N) is 2. The monoisotopic (exact) mass is 257 g/mol. The van der Waals surface area contributed by atoms with Crippen LogP contribution < -0.4 is 5.32 Å². The van der Waals surface area contributed by atoms with Crippen molar-refractivity contribution in [1.82, 2.24) is 9.97 Å². The zero-order valence-electron chi connectivity index (χ0n) is 10.8. The molecule has 0 fully saturated rings. The standard InChI is InChI=1S/C14H15N3O2/c1-9-5-3-4-6-11(9)10(2)16-13-8-15-7-12(17-13)14(18)19/h3-8,10H,1-2H3,(H,16,17)(H,18,19). The second-order valence-electron chi connectivity index (χ2n) is 4.32. The molecule has 0 bridgehead atoms. The Bertz CT molecular complexity index is 599. The molecule has 0 radical (unpaired) electrons. The Labute approximate surface area is 111 Å². The van der Waals surface area contributed by atoms with E-state index in [1.165, 1.54) is 18.0 Å². The van der Waals surface area contributed by atoms with Crippen LogP contribution in [0.1, 0.15) is 34.6 Å². The predicted molar refractivity (Wildman–Crippen MR) is 72.2 cm³/mol. The first-order chi connectivity index (χ1) is 9.08. The molecule has 0 saturated carbocycles. The molecule has 1 heterocycles. The molecule has 0 saturated heterocycles. The average Bonchev–Trinajstić information content (AvgIpc) is 2.39. The van der Waals surface area contributed by atoms with Crippen molar-refractivity contribution in [3.8, 4) is 0 Å². The molecule has 0 spiro atoms.